The number of unbranched alkanes of at least 4 members (excludes halogenated alkanes) is 2. The van der Waals surface area contributed by atoms with Crippen molar-refractivity contribution in [3.05, 3.63) is 0 Å². The van der Waals surface area contributed by atoms with Crippen LogP contribution in [-0.4, -0.2) is 15.4 Å². The molecule has 0 aliphatic heterocycles. The third kappa shape index (κ3) is 11.5. The summed E-state index contributed by atoms with van der Waals surface area (Å²) in [5, 5.41) is 0. The molecule has 0 rings (SSSR count). The van der Waals surface area contributed by atoms with E-state index in [0.29, 0.717) is 6.61 Å². The second kappa shape index (κ2) is 9.67. The molecule has 1 unspecified atom stereocenters. The molecule has 0 aliphatic carbocycles. The fourth-order valence-corrected chi connectivity index (χ4v) is 0.733. The summed E-state index contributed by atoms with van der Waals surface area (Å²) in [5.74, 6) is 0. The maximum atomic E-state index is 9.74. The first-order chi connectivity index (χ1) is 4.27. The van der Waals surface area contributed by atoms with Crippen LogP contribution in [0.25, 0.3) is 0 Å². The van der Waals surface area contributed by atoms with Gasteiger partial charge in [-0.05, 0) is 6.42 Å². The van der Waals surface area contributed by atoms with Crippen LogP contribution in [0.4, 0.5) is 0 Å². The van der Waals surface area contributed by atoms with Crippen LogP contribution in [0.3, 0.4) is 0 Å². The van der Waals surface area contributed by atoms with Crippen molar-refractivity contribution in [2.45, 2.75) is 26.2 Å². The summed E-state index contributed by atoms with van der Waals surface area (Å²) in [5.41, 5.74) is 0. The second-order valence-electron chi connectivity index (χ2n) is 1.73. The Balaban J connectivity index is 0. The topological polar surface area (TPSA) is 49.4 Å². The summed E-state index contributed by atoms with van der Waals surface area (Å²) >= 11 is -2.32. The van der Waals surface area contributed by atoms with Gasteiger partial charge in [-0.3, -0.25) is 0 Å². The minimum absolute atomic E-state index is 0. The van der Waals surface area contributed by atoms with Gasteiger partial charge in [0.15, 0.2) is 0 Å². The van der Waals surface area contributed by atoms with E-state index in [-0.39, 0.29) is 18.9 Å². The Morgan fingerprint density at radius 1 is 1.50 bits per heavy atom. The largest absolute Gasteiger partial charge is 1.00 e. The summed E-state index contributed by atoms with van der Waals surface area (Å²) in [7, 11) is 0. The van der Waals surface area contributed by atoms with Crippen LogP contribution in [0.5, 0.6) is 0 Å². The molecule has 0 aromatic rings. The molecule has 0 amide bonds. The van der Waals surface area contributed by atoms with Crippen LogP contribution >= 0.6 is 0 Å². The van der Waals surface area contributed by atoms with Gasteiger partial charge in [0.2, 0.25) is 0 Å². The van der Waals surface area contributed by atoms with Crippen molar-refractivity contribution in [1.29, 1.82) is 0 Å². The fourth-order valence-electron chi connectivity index (χ4n) is 0.479. The summed E-state index contributed by atoms with van der Waals surface area (Å²) in [6, 6.07) is 0. The van der Waals surface area contributed by atoms with E-state index in [9.17, 15) is 8.76 Å². The molecule has 0 saturated carbocycles. The predicted molar refractivity (Wildman–Crippen MR) is 34.4 cm³/mol. The smallest absolute Gasteiger partial charge is 0.750 e. The molecule has 0 saturated heterocycles. The van der Waals surface area contributed by atoms with Gasteiger partial charge in [0.25, 0.3) is 0 Å². The van der Waals surface area contributed by atoms with Gasteiger partial charge < -0.3 is 8.74 Å². The van der Waals surface area contributed by atoms with Crippen molar-refractivity contribution in [2.75, 3.05) is 6.61 Å². The standard InChI is InChI=1S/C5H12O3S.Li/c1-2-3-4-5-8-9(6)7;/h2-5H2,1H3,(H,6,7);/q;+1/p-1. The molecule has 0 bridgehead atoms. The molecule has 0 fully saturated rings. The van der Waals surface area contributed by atoms with E-state index in [4.69, 9.17) is 0 Å². The molecular weight excluding hydrogens is 147 g/mol. The Kier molecular flexibility index (Phi) is 12.8. The number of hydrogen-bond acceptors (Lipinski definition) is 3. The zero-order chi connectivity index (χ0) is 7.11. The van der Waals surface area contributed by atoms with Crippen molar-refractivity contribution in [3.8, 4) is 0 Å². The summed E-state index contributed by atoms with van der Waals surface area (Å²) in [4.78, 5) is 0. The SMILES string of the molecule is CCCCCOS(=O)[O-].[Li+]. The van der Waals surface area contributed by atoms with Gasteiger partial charge in [0, 0.05) is 0 Å². The van der Waals surface area contributed by atoms with Crippen LogP contribution < -0.4 is 18.9 Å². The Morgan fingerprint density at radius 2 is 2.10 bits per heavy atom. The van der Waals surface area contributed by atoms with Crippen LogP contribution in [0, 0.1) is 0 Å². The van der Waals surface area contributed by atoms with Crippen molar-refractivity contribution < 1.29 is 31.8 Å². The fraction of sp³-hybridized carbons (Fsp3) is 1.00. The van der Waals surface area contributed by atoms with Crippen molar-refractivity contribution in [1.82, 2.24) is 0 Å². The van der Waals surface area contributed by atoms with Gasteiger partial charge in [-0.2, -0.15) is 0 Å². The Labute approximate surface area is 76.2 Å². The van der Waals surface area contributed by atoms with E-state index in [1.165, 1.54) is 0 Å². The summed E-state index contributed by atoms with van der Waals surface area (Å²) in [6.45, 7) is 2.37. The Hall–Kier alpha value is 0.667. The molecule has 0 heterocycles. The van der Waals surface area contributed by atoms with Crippen molar-refractivity contribution in [3.63, 3.8) is 0 Å². The first-order valence-electron chi connectivity index (χ1n) is 3.00. The molecule has 0 aromatic carbocycles. The molecule has 5 heteroatoms. The first kappa shape index (κ1) is 13.3. The van der Waals surface area contributed by atoms with Gasteiger partial charge in [-0.1, -0.05) is 19.8 Å². The third-order valence-corrected chi connectivity index (χ3v) is 1.29. The summed E-state index contributed by atoms with van der Waals surface area (Å²) in [6.07, 6.45) is 2.93. The van der Waals surface area contributed by atoms with E-state index >= 15 is 0 Å². The average molecular weight is 158 g/mol. The number of hydrogen-bond donors (Lipinski definition) is 0. The Bertz CT molecular complexity index is 89.0. The molecule has 56 valence electrons. The third-order valence-electron chi connectivity index (χ3n) is 0.927. The maximum absolute atomic E-state index is 9.74. The first-order valence-corrected chi connectivity index (χ1v) is 4.00. The van der Waals surface area contributed by atoms with E-state index in [1.54, 1.807) is 0 Å². The minimum atomic E-state index is -2.32. The molecule has 0 spiro atoms. The van der Waals surface area contributed by atoms with Crippen LogP contribution in [0.15, 0.2) is 0 Å². The average Bonchev–Trinajstić information content (AvgIpc) is 1.80. The molecular formula is C5H11LiO3S. The van der Waals surface area contributed by atoms with E-state index in [0.717, 1.165) is 19.3 Å². The van der Waals surface area contributed by atoms with Crippen LogP contribution in [0.1, 0.15) is 26.2 Å². The predicted octanol–water partition coefficient (Wildman–Crippen LogP) is -2.01. The zero-order valence-corrected chi connectivity index (χ0v) is 7.28. The quantitative estimate of drug-likeness (QED) is 0.264. The van der Waals surface area contributed by atoms with Gasteiger partial charge >= 0.3 is 18.9 Å². The monoisotopic (exact) mass is 158 g/mol. The molecule has 0 radical (unpaired) electrons. The second-order valence-corrected chi connectivity index (χ2v) is 2.38. The van der Waals surface area contributed by atoms with Gasteiger partial charge in [-0.15, -0.1) is 0 Å². The van der Waals surface area contributed by atoms with Crippen LogP contribution in [0.2, 0.25) is 0 Å². The molecule has 10 heavy (non-hydrogen) atoms. The minimum Gasteiger partial charge on any atom is -0.750 e. The van der Waals surface area contributed by atoms with E-state index in [1.807, 2.05) is 6.92 Å². The van der Waals surface area contributed by atoms with E-state index in [2.05, 4.69) is 4.18 Å². The molecule has 0 aromatic heterocycles. The van der Waals surface area contributed by atoms with Gasteiger partial charge in [0.1, 0.15) is 0 Å². The van der Waals surface area contributed by atoms with Gasteiger partial charge in [-0.25, -0.2) is 4.21 Å². The molecule has 1 atom stereocenters. The molecule has 0 aliphatic rings. The zero-order valence-electron chi connectivity index (χ0n) is 6.46. The van der Waals surface area contributed by atoms with Crippen molar-refractivity contribution >= 4 is 11.4 Å². The van der Waals surface area contributed by atoms with Crippen LogP contribution in [-0.2, 0) is 15.5 Å². The van der Waals surface area contributed by atoms with Gasteiger partial charge in [0.05, 0.1) is 18.0 Å². The van der Waals surface area contributed by atoms with Crippen molar-refractivity contribution in [2.24, 2.45) is 0 Å². The molecule has 0 N–H and O–H groups in total. The Morgan fingerprint density at radius 3 is 2.50 bits per heavy atom. The molecule has 3 nitrogen and oxygen atoms in total. The normalized spacial score (nSPS) is 12.2. The van der Waals surface area contributed by atoms with E-state index < -0.39 is 11.4 Å². The number of rotatable bonds is 5. The summed E-state index contributed by atoms with van der Waals surface area (Å²) < 4.78 is 23.7. The maximum Gasteiger partial charge on any atom is 1.00 e.